The van der Waals surface area contributed by atoms with Crippen molar-refractivity contribution in [1.29, 1.82) is 0 Å². The van der Waals surface area contributed by atoms with Crippen LogP contribution in [0.3, 0.4) is 0 Å². The number of amides is 2. The fraction of sp³-hybridized carbons (Fsp3) is 0.240. The Labute approximate surface area is 186 Å². The number of ether oxygens (including phenoxy) is 2. The zero-order chi connectivity index (χ0) is 22.7. The first-order chi connectivity index (χ1) is 15.3. The van der Waals surface area contributed by atoms with Crippen molar-refractivity contribution in [3.63, 3.8) is 0 Å². The number of alkyl carbamates (subject to hydrolysis) is 1. The van der Waals surface area contributed by atoms with Crippen molar-refractivity contribution in [2.45, 2.75) is 32.9 Å². The minimum Gasteiger partial charge on any atom is -0.466 e. The highest BCUT2D eigenvalue weighted by Gasteiger charge is 2.22. The van der Waals surface area contributed by atoms with Crippen molar-refractivity contribution < 1.29 is 19.1 Å². The molecule has 1 aromatic heterocycles. The molecule has 0 fully saturated rings. The van der Waals surface area contributed by atoms with Crippen LogP contribution >= 0.6 is 0 Å². The van der Waals surface area contributed by atoms with E-state index in [0.717, 1.165) is 27.9 Å². The quantitative estimate of drug-likeness (QED) is 0.621. The summed E-state index contributed by atoms with van der Waals surface area (Å²) in [5.41, 5.74) is 4.46. The van der Waals surface area contributed by atoms with Gasteiger partial charge in [0.05, 0.1) is 5.69 Å². The number of rotatable bonds is 4. The topological polar surface area (TPSA) is 89.5 Å². The average Bonchev–Trinajstić information content (AvgIpc) is 2.76. The molecular weight excluding hydrogens is 406 g/mol. The molecule has 0 unspecified atom stereocenters. The third-order valence-electron chi connectivity index (χ3n) is 4.75. The van der Waals surface area contributed by atoms with Crippen LogP contribution in [0.5, 0.6) is 5.88 Å². The fourth-order valence-corrected chi connectivity index (χ4v) is 3.34. The minimum absolute atomic E-state index is 0.0562. The summed E-state index contributed by atoms with van der Waals surface area (Å²) in [5, 5.41) is 5.58. The number of carbonyl (C=O) groups is 2. The Morgan fingerprint density at radius 1 is 1.09 bits per heavy atom. The van der Waals surface area contributed by atoms with E-state index in [1.807, 2.05) is 81.4 Å². The Hall–Kier alpha value is -3.87. The van der Waals surface area contributed by atoms with E-state index in [1.54, 1.807) is 0 Å². The van der Waals surface area contributed by atoms with Gasteiger partial charge in [0.25, 0.3) is 5.91 Å². The summed E-state index contributed by atoms with van der Waals surface area (Å²) in [7, 11) is 0. The second-order valence-electron chi connectivity index (χ2n) is 8.49. The Balaban J connectivity index is 1.61. The number of benzene rings is 2. The molecule has 3 aromatic rings. The van der Waals surface area contributed by atoms with Crippen LogP contribution in [0.1, 0.15) is 26.3 Å². The largest absolute Gasteiger partial charge is 0.466 e. The summed E-state index contributed by atoms with van der Waals surface area (Å²) in [6.07, 6.45) is -0.455. The smallest absolute Gasteiger partial charge is 0.407 e. The van der Waals surface area contributed by atoms with Gasteiger partial charge in [0.15, 0.2) is 6.61 Å². The predicted molar refractivity (Wildman–Crippen MR) is 122 cm³/mol. The monoisotopic (exact) mass is 431 g/mol. The van der Waals surface area contributed by atoms with E-state index in [2.05, 4.69) is 10.6 Å². The van der Waals surface area contributed by atoms with Gasteiger partial charge in [-0.1, -0.05) is 54.6 Å². The molecule has 0 saturated heterocycles. The maximum absolute atomic E-state index is 11.9. The molecule has 2 amide bonds. The van der Waals surface area contributed by atoms with Crippen LogP contribution in [-0.2, 0) is 16.1 Å². The van der Waals surface area contributed by atoms with Gasteiger partial charge >= 0.3 is 6.09 Å². The summed E-state index contributed by atoms with van der Waals surface area (Å²) in [4.78, 5) is 28.4. The van der Waals surface area contributed by atoms with E-state index >= 15 is 0 Å². The van der Waals surface area contributed by atoms with E-state index in [0.29, 0.717) is 18.1 Å². The molecule has 32 heavy (non-hydrogen) atoms. The lowest BCUT2D eigenvalue weighted by Crippen LogP contribution is -2.32. The Kier molecular flexibility index (Phi) is 5.81. The van der Waals surface area contributed by atoms with E-state index in [9.17, 15) is 9.59 Å². The van der Waals surface area contributed by atoms with Crippen molar-refractivity contribution in [2.24, 2.45) is 0 Å². The van der Waals surface area contributed by atoms with Crippen LogP contribution in [0.2, 0.25) is 0 Å². The standard InChI is InChI=1S/C25H25N3O4/c1-25(2,3)32-24(30)26-14-16-9-11-18(12-10-16)22-19(17-7-5-4-6-8-17)13-20-23(28-22)31-15-21(29)27-20/h4-13H,14-15H2,1-3H3,(H,26,30)(H,27,29). The van der Waals surface area contributed by atoms with Gasteiger partial charge in [0, 0.05) is 17.7 Å². The number of anilines is 1. The zero-order valence-electron chi connectivity index (χ0n) is 18.3. The SMILES string of the molecule is CC(C)(C)OC(=O)NCc1ccc(-c2nc3c(cc2-c2ccccc2)NC(=O)CO3)cc1. The van der Waals surface area contributed by atoms with Gasteiger partial charge in [0.1, 0.15) is 11.3 Å². The summed E-state index contributed by atoms with van der Waals surface area (Å²) >= 11 is 0. The summed E-state index contributed by atoms with van der Waals surface area (Å²) in [6.45, 7) is 5.78. The van der Waals surface area contributed by atoms with Crippen LogP contribution in [0.4, 0.5) is 10.5 Å². The Morgan fingerprint density at radius 3 is 2.50 bits per heavy atom. The number of pyridine rings is 1. The van der Waals surface area contributed by atoms with Crippen LogP contribution in [0.15, 0.2) is 60.7 Å². The van der Waals surface area contributed by atoms with Crippen molar-refractivity contribution in [2.75, 3.05) is 11.9 Å². The molecule has 1 aliphatic heterocycles. The van der Waals surface area contributed by atoms with Crippen molar-refractivity contribution in [3.8, 4) is 28.3 Å². The van der Waals surface area contributed by atoms with Crippen molar-refractivity contribution in [1.82, 2.24) is 10.3 Å². The summed E-state index contributed by atoms with van der Waals surface area (Å²) in [5.74, 6) is 0.197. The van der Waals surface area contributed by atoms with Gasteiger partial charge < -0.3 is 20.1 Å². The van der Waals surface area contributed by atoms with Gasteiger partial charge in [-0.15, -0.1) is 0 Å². The van der Waals surface area contributed by atoms with Gasteiger partial charge in [-0.25, -0.2) is 9.78 Å². The molecule has 0 atom stereocenters. The number of fused-ring (bicyclic) bond motifs is 1. The lowest BCUT2D eigenvalue weighted by molar-refractivity contribution is -0.118. The highest BCUT2D eigenvalue weighted by molar-refractivity contribution is 5.97. The van der Waals surface area contributed by atoms with Gasteiger partial charge in [0.2, 0.25) is 5.88 Å². The van der Waals surface area contributed by atoms with E-state index < -0.39 is 11.7 Å². The lowest BCUT2D eigenvalue weighted by Gasteiger charge is -2.20. The van der Waals surface area contributed by atoms with Crippen LogP contribution < -0.4 is 15.4 Å². The lowest BCUT2D eigenvalue weighted by atomic mass is 9.98. The summed E-state index contributed by atoms with van der Waals surface area (Å²) < 4.78 is 10.8. The molecule has 4 rings (SSSR count). The molecule has 2 heterocycles. The van der Waals surface area contributed by atoms with Crippen LogP contribution in [0, 0.1) is 0 Å². The third kappa shape index (κ3) is 5.06. The summed E-state index contributed by atoms with van der Waals surface area (Å²) in [6, 6.07) is 19.5. The normalized spacial score (nSPS) is 12.9. The number of hydrogen-bond donors (Lipinski definition) is 2. The maximum Gasteiger partial charge on any atom is 0.407 e. The minimum atomic E-state index is -0.540. The van der Waals surface area contributed by atoms with Gasteiger partial charge in [-0.05, 0) is 38.0 Å². The Morgan fingerprint density at radius 2 is 1.81 bits per heavy atom. The highest BCUT2D eigenvalue weighted by Crippen LogP contribution is 2.38. The molecule has 1 aliphatic rings. The fourth-order valence-electron chi connectivity index (χ4n) is 3.34. The molecule has 0 saturated carbocycles. The zero-order valence-corrected chi connectivity index (χ0v) is 18.3. The molecule has 0 spiro atoms. The molecular formula is C25H25N3O4. The molecule has 2 aromatic carbocycles. The first kappa shape index (κ1) is 21.4. The average molecular weight is 431 g/mol. The molecule has 7 nitrogen and oxygen atoms in total. The van der Waals surface area contributed by atoms with Crippen LogP contribution in [-0.4, -0.2) is 29.2 Å². The molecule has 7 heteroatoms. The maximum atomic E-state index is 11.9. The number of nitrogens with zero attached hydrogens (tertiary/aromatic N) is 1. The second kappa shape index (κ2) is 8.70. The number of carbonyl (C=O) groups excluding carboxylic acids is 2. The molecule has 2 N–H and O–H groups in total. The van der Waals surface area contributed by atoms with Gasteiger partial charge in [-0.2, -0.15) is 0 Å². The first-order valence-corrected chi connectivity index (χ1v) is 10.4. The molecule has 0 radical (unpaired) electrons. The van der Waals surface area contributed by atoms with E-state index in [1.165, 1.54) is 0 Å². The Bertz CT molecular complexity index is 1140. The highest BCUT2D eigenvalue weighted by atomic mass is 16.6. The van der Waals surface area contributed by atoms with Gasteiger partial charge in [-0.3, -0.25) is 4.79 Å². The second-order valence-corrected chi connectivity index (χ2v) is 8.49. The first-order valence-electron chi connectivity index (χ1n) is 10.4. The third-order valence-corrected chi connectivity index (χ3v) is 4.75. The molecule has 0 bridgehead atoms. The molecule has 164 valence electrons. The van der Waals surface area contributed by atoms with E-state index in [4.69, 9.17) is 14.5 Å². The van der Waals surface area contributed by atoms with E-state index in [-0.39, 0.29) is 12.5 Å². The predicted octanol–water partition coefficient (Wildman–Crippen LogP) is 4.77. The molecule has 0 aliphatic carbocycles. The number of aromatic nitrogens is 1. The number of nitrogens with one attached hydrogen (secondary N) is 2. The van der Waals surface area contributed by atoms with Crippen molar-refractivity contribution in [3.05, 3.63) is 66.2 Å². The van der Waals surface area contributed by atoms with Crippen LogP contribution in [0.25, 0.3) is 22.4 Å². The van der Waals surface area contributed by atoms with Crippen molar-refractivity contribution >= 4 is 17.7 Å². The number of hydrogen-bond acceptors (Lipinski definition) is 5.